The van der Waals surface area contributed by atoms with Crippen molar-refractivity contribution in [1.82, 2.24) is 20.5 Å². The molecular weight excluding hydrogens is 348 g/mol. The van der Waals surface area contributed by atoms with Crippen LogP contribution in [0, 0.1) is 0 Å². The van der Waals surface area contributed by atoms with Gasteiger partial charge in [0.15, 0.2) is 0 Å². The van der Waals surface area contributed by atoms with Crippen LogP contribution in [0.4, 0.5) is 0 Å². The average molecular weight is 370 g/mol. The Morgan fingerprint density at radius 3 is 2.69 bits per heavy atom. The van der Waals surface area contributed by atoms with Gasteiger partial charge in [0, 0.05) is 37.1 Å². The lowest BCUT2D eigenvalue weighted by molar-refractivity contribution is -0.138. The molecule has 1 aromatic heterocycles. The van der Waals surface area contributed by atoms with E-state index in [0.717, 1.165) is 22.8 Å². The van der Waals surface area contributed by atoms with Gasteiger partial charge in [-0.3, -0.25) is 9.59 Å². The Hall–Kier alpha value is -2.25. The van der Waals surface area contributed by atoms with Gasteiger partial charge in [-0.15, -0.1) is 11.3 Å². The topological polar surface area (TPSA) is 74.3 Å². The zero-order valence-electron chi connectivity index (χ0n) is 14.5. The molecule has 3 heterocycles. The predicted octanol–water partition coefficient (Wildman–Crippen LogP) is 1.43. The number of amides is 2. The van der Waals surface area contributed by atoms with Gasteiger partial charge in [0.2, 0.25) is 11.8 Å². The van der Waals surface area contributed by atoms with Crippen LogP contribution in [0.15, 0.2) is 35.7 Å². The van der Waals surface area contributed by atoms with Crippen LogP contribution >= 0.6 is 11.3 Å². The number of benzene rings is 1. The molecule has 0 aliphatic carbocycles. The number of rotatable bonds is 3. The number of hydrogen-bond donors (Lipinski definition) is 2. The molecule has 2 aromatic rings. The van der Waals surface area contributed by atoms with E-state index in [1.165, 1.54) is 0 Å². The van der Waals surface area contributed by atoms with Gasteiger partial charge in [-0.05, 0) is 12.8 Å². The molecule has 2 saturated heterocycles. The quantitative estimate of drug-likeness (QED) is 0.857. The minimum absolute atomic E-state index is 0.0721. The summed E-state index contributed by atoms with van der Waals surface area (Å²) < 4.78 is 0. The van der Waals surface area contributed by atoms with E-state index in [2.05, 4.69) is 15.6 Å². The van der Waals surface area contributed by atoms with Gasteiger partial charge in [-0.2, -0.15) is 0 Å². The molecule has 2 aliphatic heterocycles. The van der Waals surface area contributed by atoms with E-state index >= 15 is 0 Å². The second kappa shape index (κ2) is 7.17. The van der Waals surface area contributed by atoms with Crippen molar-refractivity contribution in [2.75, 3.05) is 26.2 Å². The van der Waals surface area contributed by atoms with E-state index < -0.39 is 5.54 Å². The van der Waals surface area contributed by atoms with Crippen molar-refractivity contribution in [2.45, 2.75) is 24.8 Å². The van der Waals surface area contributed by atoms with Gasteiger partial charge in [0.1, 0.15) is 10.5 Å². The fraction of sp³-hybridized carbons (Fsp3) is 0.421. The molecule has 26 heavy (non-hydrogen) atoms. The molecule has 136 valence electrons. The molecule has 2 aliphatic rings. The summed E-state index contributed by atoms with van der Waals surface area (Å²) in [6, 6.07) is 10.0. The molecule has 0 radical (unpaired) electrons. The fourth-order valence-corrected chi connectivity index (χ4v) is 4.46. The maximum atomic E-state index is 12.6. The highest BCUT2D eigenvalue weighted by atomic mass is 32.1. The zero-order valence-corrected chi connectivity index (χ0v) is 15.3. The van der Waals surface area contributed by atoms with Gasteiger partial charge < -0.3 is 15.5 Å². The second-order valence-corrected chi connectivity index (χ2v) is 7.69. The van der Waals surface area contributed by atoms with Gasteiger partial charge in [0.25, 0.3) is 0 Å². The molecule has 2 amide bonds. The monoisotopic (exact) mass is 370 g/mol. The number of carbonyl (C=O) groups is 2. The van der Waals surface area contributed by atoms with Crippen LogP contribution in [0.2, 0.25) is 0 Å². The van der Waals surface area contributed by atoms with Gasteiger partial charge >= 0.3 is 0 Å². The molecule has 2 N–H and O–H groups in total. The Bertz CT molecular complexity index is 797. The number of thiazole rings is 1. The zero-order chi connectivity index (χ0) is 18.0. The van der Waals surface area contributed by atoms with Crippen molar-refractivity contribution in [3.05, 3.63) is 41.4 Å². The van der Waals surface area contributed by atoms with Crippen LogP contribution in [0.5, 0.6) is 0 Å². The summed E-state index contributed by atoms with van der Waals surface area (Å²) in [5, 5.41) is 9.18. The highest BCUT2D eigenvalue weighted by Gasteiger charge is 2.43. The minimum Gasteiger partial charge on any atom is -0.353 e. The molecule has 1 aromatic carbocycles. The van der Waals surface area contributed by atoms with Crippen molar-refractivity contribution in [3.8, 4) is 10.6 Å². The number of hydrogen-bond acceptors (Lipinski definition) is 5. The Balaban J connectivity index is 1.36. The number of carbonyl (C=O) groups excluding carboxylic acids is 2. The van der Waals surface area contributed by atoms with E-state index in [1.54, 1.807) is 11.3 Å². The number of nitrogens with one attached hydrogen (secondary N) is 2. The molecule has 2 fully saturated rings. The molecular formula is C19H22N4O2S. The van der Waals surface area contributed by atoms with Crippen LogP contribution in [0.3, 0.4) is 0 Å². The number of likely N-dealkylation sites (tertiary alicyclic amines) is 1. The van der Waals surface area contributed by atoms with Crippen molar-refractivity contribution in [3.63, 3.8) is 0 Å². The maximum absolute atomic E-state index is 12.6. The highest BCUT2D eigenvalue weighted by molar-refractivity contribution is 7.13. The highest BCUT2D eigenvalue weighted by Crippen LogP contribution is 2.26. The van der Waals surface area contributed by atoms with E-state index in [-0.39, 0.29) is 11.8 Å². The molecule has 6 nitrogen and oxygen atoms in total. The molecule has 0 atom stereocenters. The first-order chi connectivity index (χ1) is 12.7. The summed E-state index contributed by atoms with van der Waals surface area (Å²) in [6.07, 6.45) is 1.64. The van der Waals surface area contributed by atoms with Crippen LogP contribution in [-0.4, -0.2) is 53.4 Å². The lowest BCUT2D eigenvalue weighted by Crippen LogP contribution is -2.67. The van der Waals surface area contributed by atoms with Crippen LogP contribution in [-0.2, 0) is 16.0 Å². The summed E-state index contributed by atoms with van der Waals surface area (Å²) in [5.41, 5.74) is 1.40. The van der Waals surface area contributed by atoms with E-state index in [1.807, 2.05) is 40.6 Å². The molecule has 1 spiro atoms. The van der Waals surface area contributed by atoms with Gasteiger partial charge in [0.05, 0.1) is 12.1 Å². The average Bonchev–Trinajstić information content (AvgIpc) is 3.14. The standard InChI is InChI=1S/C19H22N4O2S/c24-16(12-15-13-26-17(22-15)14-4-2-1-3-5-14)23-10-6-19(7-11-23)18(25)20-8-9-21-19/h1-5,13,21H,6-12H2,(H,20,25). The van der Waals surface area contributed by atoms with Crippen LogP contribution in [0.25, 0.3) is 10.6 Å². The van der Waals surface area contributed by atoms with Crippen molar-refractivity contribution in [2.24, 2.45) is 0 Å². The number of piperazine rings is 1. The van der Waals surface area contributed by atoms with E-state index in [4.69, 9.17) is 0 Å². The molecule has 4 rings (SSSR count). The van der Waals surface area contributed by atoms with Crippen LogP contribution in [0.1, 0.15) is 18.5 Å². The first-order valence-corrected chi connectivity index (χ1v) is 9.85. The normalized spacial score (nSPS) is 19.4. The number of aromatic nitrogens is 1. The Morgan fingerprint density at radius 1 is 1.19 bits per heavy atom. The smallest absolute Gasteiger partial charge is 0.240 e. The van der Waals surface area contributed by atoms with E-state index in [0.29, 0.717) is 38.9 Å². The van der Waals surface area contributed by atoms with Gasteiger partial charge in [-0.25, -0.2) is 4.98 Å². The lowest BCUT2D eigenvalue weighted by atomic mass is 9.85. The summed E-state index contributed by atoms with van der Waals surface area (Å²) in [5.74, 6) is 0.156. The molecule has 0 bridgehead atoms. The summed E-state index contributed by atoms with van der Waals surface area (Å²) >= 11 is 1.56. The Morgan fingerprint density at radius 2 is 1.96 bits per heavy atom. The molecule has 0 saturated carbocycles. The van der Waals surface area contributed by atoms with Crippen LogP contribution < -0.4 is 10.6 Å². The molecule has 7 heteroatoms. The number of nitrogens with zero attached hydrogens (tertiary/aromatic N) is 2. The number of piperidine rings is 1. The first-order valence-electron chi connectivity index (χ1n) is 8.97. The second-order valence-electron chi connectivity index (χ2n) is 6.83. The predicted molar refractivity (Wildman–Crippen MR) is 101 cm³/mol. The third kappa shape index (κ3) is 3.37. The summed E-state index contributed by atoms with van der Waals surface area (Å²) in [6.45, 7) is 2.68. The SMILES string of the molecule is O=C(Cc1csc(-c2ccccc2)n1)N1CCC2(CC1)NCCNC2=O. The van der Waals surface area contributed by atoms with E-state index in [9.17, 15) is 9.59 Å². The molecule has 0 unspecified atom stereocenters. The van der Waals surface area contributed by atoms with Gasteiger partial charge in [-0.1, -0.05) is 30.3 Å². The third-order valence-corrected chi connectivity index (χ3v) is 6.12. The van der Waals surface area contributed by atoms with Crippen molar-refractivity contribution < 1.29 is 9.59 Å². The fourth-order valence-electron chi connectivity index (χ4n) is 3.64. The summed E-state index contributed by atoms with van der Waals surface area (Å²) in [4.78, 5) is 31.3. The third-order valence-electron chi connectivity index (χ3n) is 5.18. The lowest BCUT2D eigenvalue weighted by Gasteiger charge is -2.43. The largest absolute Gasteiger partial charge is 0.353 e. The van der Waals surface area contributed by atoms with Crippen molar-refractivity contribution in [1.29, 1.82) is 0 Å². The maximum Gasteiger partial charge on any atom is 0.240 e. The minimum atomic E-state index is -0.490. The Labute approximate surface area is 156 Å². The first kappa shape index (κ1) is 17.2. The summed E-state index contributed by atoms with van der Waals surface area (Å²) in [7, 11) is 0. The van der Waals surface area contributed by atoms with Crippen molar-refractivity contribution >= 4 is 23.2 Å². The Kier molecular flexibility index (Phi) is 4.74.